The first-order valence-electron chi connectivity index (χ1n) is 8.35. The summed E-state index contributed by atoms with van der Waals surface area (Å²) in [6, 6.07) is 5.22. The van der Waals surface area contributed by atoms with E-state index in [1.54, 1.807) is 24.5 Å². The monoisotopic (exact) mass is 382 g/mol. The van der Waals surface area contributed by atoms with Crippen molar-refractivity contribution in [1.82, 2.24) is 9.88 Å². The minimum atomic E-state index is -0.0803. The van der Waals surface area contributed by atoms with Crippen LogP contribution in [0.5, 0.6) is 0 Å². The van der Waals surface area contributed by atoms with E-state index in [1.807, 2.05) is 6.92 Å². The third kappa shape index (κ3) is 4.54. The van der Waals surface area contributed by atoms with Crippen LogP contribution in [-0.2, 0) is 16.1 Å². The molecule has 0 bridgehead atoms. The fourth-order valence-corrected chi connectivity index (χ4v) is 3.47. The summed E-state index contributed by atoms with van der Waals surface area (Å²) >= 11 is 12.1. The highest BCUT2D eigenvalue weighted by atomic mass is 35.5. The van der Waals surface area contributed by atoms with Crippen LogP contribution in [0.1, 0.15) is 25.5 Å². The van der Waals surface area contributed by atoms with Gasteiger partial charge in [-0.1, -0.05) is 23.2 Å². The first kappa shape index (κ1) is 18.2. The zero-order chi connectivity index (χ0) is 17.8. The molecule has 2 aromatic rings. The molecular formula is C18H20Cl2N2O3. The highest BCUT2D eigenvalue weighted by Gasteiger charge is 2.26. The number of carbonyl (C=O) groups excluding carboxylic acids is 1. The van der Waals surface area contributed by atoms with E-state index in [0.29, 0.717) is 29.1 Å². The van der Waals surface area contributed by atoms with Crippen LogP contribution in [0.4, 0.5) is 0 Å². The van der Waals surface area contributed by atoms with Gasteiger partial charge in [0.1, 0.15) is 6.26 Å². The van der Waals surface area contributed by atoms with Gasteiger partial charge in [0.25, 0.3) is 0 Å². The van der Waals surface area contributed by atoms with Crippen molar-refractivity contribution >= 4 is 29.2 Å². The molecule has 3 rings (SSSR count). The molecule has 1 aromatic carbocycles. The SMILES string of the molecule is CCOC(=O)C1CCN(Cc2coc(-c3ccc(Cl)cc3Cl)n2)CC1. The molecule has 1 aromatic heterocycles. The quantitative estimate of drug-likeness (QED) is 0.716. The lowest BCUT2D eigenvalue weighted by Gasteiger charge is -2.30. The number of carbonyl (C=O) groups is 1. The Labute approximate surface area is 156 Å². The van der Waals surface area contributed by atoms with Gasteiger partial charge in [-0.15, -0.1) is 0 Å². The van der Waals surface area contributed by atoms with Crippen LogP contribution in [0.3, 0.4) is 0 Å². The molecule has 2 heterocycles. The Balaban J connectivity index is 1.58. The molecule has 0 amide bonds. The Bertz CT molecular complexity index is 740. The molecule has 1 aliphatic heterocycles. The third-order valence-electron chi connectivity index (χ3n) is 4.31. The van der Waals surface area contributed by atoms with Crippen LogP contribution in [0.2, 0.25) is 10.0 Å². The second kappa shape index (κ2) is 8.21. The number of piperidine rings is 1. The molecule has 0 saturated carbocycles. The number of rotatable bonds is 5. The number of hydrogen-bond donors (Lipinski definition) is 0. The summed E-state index contributed by atoms with van der Waals surface area (Å²) in [5.74, 6) is 0.415. The van der Waals surface area contributed by atoms with Crippen molar-refractivity contribution < 1.29 is 13.9 Å². The number of nitrogens with zero attached hydrogens (tertiary/aromatic N) is 2. The molecular weight excluding hydrogens is 363 g/mol. The average Bonchev–Trinajstić information content (AvgIpc) is 3.04. The number of hydrogen-bond acceptors (Lipinski definition) is 5. The Morgan fingerprint density at radius 3 is 2.80 bits per heavy atom. The summed E-state index contributed by atoms with van der Waals surface area (Å²) < 4.78 is 10.7. The molecule has 0 N–H and O–H groups in total. The number of benzene rings is 1. The summed E-state index contributed by atoms with van der Waals surface area (Å²) in [5, 5.41) is 1.08. The van der Waals surface area contributed by atoms with E-state index in [-0.39, 0.29) is 11.9 Å². The minimum absolute atomic E-state index is 0.0111. The molecule has 0 radical (unpaired) electrons. The van der Waals surface area contributed by atoms with Crippen LogP contribution in [0.25, 0.3) is 11.5 Å². The number of aromatic nitrogens is 1. The van der Waals surface area contributed by atoms with Crippen molar-refractivity contribution in [1.29, 1.82) is 0 Å². The molecule has 1 saturated heterocycles. The normalized spacial score (nSPS) is 16.1. The van der Waals surface area contributed by atoms with Gasteiger partial charge in [-0.2, -0.15) is 0 Å². The largest absolute Gasteiger partial charge is 0.466 e. The summed E-state index contributed by atoms with van der Waals surface area (Å²) in [6.45, 7) is 4.64. The van der Waals surface area contributed by atoms with Gasteiger partial charge in [0, 0.05) is 11.6 Å². The Kier molecular flexibility index (Phi) is 5.99. The van der Waals surface area contributed by atoms with E-state index in [1.165, 1.54) is 0 Å². The maximum absolute atomic E-state index is 11.8. The van der Waals surface area contributed by atoms with Crippen LogP contribution in [-0.4, -0.2) is 35.5 Å². The lowest BCUT2D eigenvalue weighted by molar-refractivity contribution is -0.149. The second-order valence-corrected chi connectivity index (χ2v) is 6.91. The molecule has 5 nitrogen and oxygen atoms in total. The summed E-state index contributed by atoms with van der Waals surface area (Å²) in [5.41, 5.74) is 1.56. The number of likely N-dealkylation sites (tertiary alicyclic amines) is 1. The molecule has 7 heteroatoms. The predicted octanol–water partition coefficient (Wildman–Crippen LogP) is 4.42. The number of esters is 1. The van der Waals surface area contributed by atoms with Crippen molar-refractivity contribution in [3.8, 4) is 11.5 Å². The molecule has 0 unspecified atom stereocenters. The van der Waals surface area contributed by atoms with Crippen LogP contribution < -0.4 is 0 Å². The van der Waals surface area contributed by atoms with Gasteiger partial charge in [-0.05, 0) is 51.1 Å². The highest BCUT2D eigenvalue weighted by molar-refractivity contribution is 6.36. The Morgan fingerprint density at radius 1 is 1.36 bits per heavy atom. The number of ether oxygens (including phenoxy) is 1. The topological polar surface area (TPSA) is 55.6 Å². The molecule has 1 aliphatic rings. The number of halogens is 2. The van der Waals surface area contributed by atoms with E-state index in [2.05, 4.69) is 9.88 Å². The maximum Gasteiger partial charge on any atom is 0.309 e. The van der Waals surface area contributed by atoms with Gasteiger partial charge in [-0.3, -0.25) is 9.69 Å². The molecule has 0 aliphatic carbocycles. The molecule has 0 atom stereocenters. The van der Waals surface area contributed by atoms with Crippen LogP contribution in [0, 0.1) is 5.92 Å². The van der Waals surface area contributed by atoms with Gasteiger partial charge in [-0.25, -0.2) is 4.98 Å². The third-order valence-corrected chi connectivity index (χ3v) is 4.85. The first-order chi connectivity index (χ1) is 12.1. The van der Waals surface area contributed by atoms with Crippen LogP contribution in [0.15, 0.2) is 28.9 Å². The molecule has 0 spiro atoms. The van der Waals surface area contributed by atoms with Gasteiger partial charge in [0.15, 0.2) is 0 Å². The van der Waals surface area contributed by atoms with Gasteiger partial charge in [0.05, 0.1) is 28.8 Å². The summed E-state index contributed by atoms with van der Waals surface area (Å²) in [7, 11) is 0. The lowest BCUT2D eigenvalue weighted by atomic mass is 9.97. The van der Waals surface area contributed by atoms with Crippen molar-refractivity contribution in [3.63, 3.8) is 0 Å². The van der Waals surface area contributed by atoms with E-state index < -0.39 is 0 Å². The summed E-state index contributed by atoms with van der Waals surface area (Å²) in [6.07, 6.45) is 3.27. The lowest BCUT2D eigenvalue weighted by Crippen LogP contribution is -2.36. The average molecular weight is 383 g/mol. The first-order valence-corrected chi connectivity index (χ1v) is 9.11. The maximum atomic E-state index is 11.8. The fraction of sp³-hybridized carbons (Fsp3) is 0.444. The summed E-state index contributed by atoms with van der Waals surface area (Å²) in [4.78, 5) is 18.6. The van der Waals surface area contributed by atoms with E-state index in [0.717, 1.165) is 37.2 Å². The van der Waals surface area contributed by atoms with Crippen molar-refractivity contribution in [3.05, 3.63) is 40.2 Å². The van der Waals surface area contributed by atoms with Crippen molar-refractivity contribution in [2.24, 2.45) is 5.92 Å². The highest BCUT2D eigenvalue weighted by Crippen LogP contribution is 2.30. The van der Waals surface area contributed by atoms with Crippen molar-refractivity contribution in [2.75, 3.05) is 19.7 Å². The fourth-order valence-electron chi connectivity index (χ4n) is 2.98. The van der Waals surface area contributed by atoms with E-state index >= 15 is 0 Å². The second-order valence-electron chi connectivity index (χ2n) is 6.07. The zero-order valence-corrected chi connectivity index (χ0v) is 15.5. The Hall–Kier alpha value is -1.56. The predicted molar refractivity (Wildman–Crippen MR) is 96.6 cm³/mol. The van der Waals surface area contributed by atoms with Crippen molar-refractivity contribution in [2.45, 2.75) is 26.3 Å². The van der Waals surface area contributed by atoms with E-state index in [4.69, 9.17) is 32.4 Å². The standard InChI is InChI=1S/C18H20Cl2N2O3/c1-2-24-18(23)12-5-7-22(8-6-12)10-14-11-25-17(21-14)15-4-3-13(19)9-16(15)20/h3-4,9,11-12H,2,5-8,10H2,1H3. The zero-order valence-electron chi connectivity index (χ0n) is 14.0. The molecule has 134 valence electrons. The Morgan fingerprint density at radius 2 is 2.12 bits per heavy atom. The van der Waals surface area contributed by atoms with Crippen LogP contribution >= 0.6 is 23.2 Å². The van der Waals surface area contributed by atoms with Gasteiger partial charge >= 0.3 is 5.97 Å². The molecule has 25 heavy (non-hydrogen) atoms. The minimum Gasteiger partial charge on any atom is -0.466 e. The van der Waals surface area contributed by atoms with Gasteiger partial charge < -0.3 is 9.15 Å². The smallest absolute Gasteiger partial charge is 0.309 e. The van der Waals surface area contributed by atoms with E-state index in [9.17, 15) is 4.79 Å². The number of oxazole rings is 1. The van der Waals surface area contributed by atoms with Gasteiger partial charge in [0.2, 0.25) is 5.89 Å². The molecule has 1 fully saturated rings.